The SMILES string of the molecule is Cc1ccc(-n2c(C(C)C)nc3c(OCC4CC4)c(O)ccc3c2=O)cc1. The number of phenolic OH excluding ortho intramolecular Hbond substituents is 1. The summed E-state index contributed by atoms with van der Waals surface area (Å²) in [5, 5.41) is 10.8. The maximum absolute atomic E-state index is 13.3. The van der Waals surface area contributed by atoms with Crippen LogP contribution in [0.2, 0.25) is 0 Å². The van der Waals surface area contributed by atoms with Crippen molar-refractivity contribution in [2.24, 2.45) is 5.92 Å². The number of hydrogen-bond donors (Lipinski definition) is 1. The van der Waals surface area contributed by atoms with Gasteiger partial charge in [-0.15, -0.1) is 0 Å². The van der Waals surface area contributed by atoms with Crippen LogP contribution in [0.25, 0.3) is 16.6 Å². The van der Waals surface area contributed by atoms with Crippen LogP contribution >= 0.6 is 0 Å². The van der Waals surface area contributed by atoms with Crippen LogP contribution in [0.1, 0.15) is 44.0 Å². The van der Waals surface area contributed by atoms with Crippen LogP contribution in [-0.4, -0.2) is 21.3 Å². The average molecular weight is 364 g/mol. The number of nitrogens with zero attached hydrogens (tertiary/aromatic N) is 2. The number of aryl methyl sites for hydroxylation is 1. The molecule has 1 heterocycles. The van der Waals surface area contributed by atoms with Gasteiger partial charge in [0.15, 0.2) is 11.5 Å². The first-order valence-electron chi connectivity index (χ1n) is 9.44. The van der Waals surface area contributed by atoms with E-state index in [0.29, 0.717) is 35.0 Å². The summed E-state index contributed by atoms with van der Waals surface area (Å²) in [6.45, 7) is 6.57. The van der Waals surface area contributed by atoms with E-state index >= 15 is 0 Å². The van der Waals surface area contributed by atoms with Crippen molar-refractivity contribution < 1.29 is 9.84 Å². The molecule has 1 aliphatic rings. The first-order valence-corrected chi connectivity index (χ1v) is 9.44. The molecule has 5 heteroatoms. The van der Waals surface area contributed by atoms with Gasteiger partial charge in [-0.2, -0.15) is 0 Å². The molecule has 0 aliphatic heterocycles. The van der Waals surface area contributed by atoms with Gasteiger partial charge in [0, 0.05) is 5.92 Å². The van der Waals surface area contributed by atoms with Gasteiger partial charge in [-0.1, -0.05) is 31.5 Å². The lowest BCUT2D eigenvalue weighted by molar-refractivity contribution is 0.287. The van der Waals surface area contributed by atoms with E-state index in [1.54, 1.807) is 10.6 Å². The van der Waals surface area contributed by atoms with Gasteiger partial charge in [-0.05, 0) is 49.9 Å². The van der Waals surface area contributed by atoms with Crippen LogP contribution in [0.15, 0.2) is 41.2 Å². The maximum atomic E-state index is 13.3. The highest BCUT2D eigenvalue weighted by atomic mass is 16.5. The zero-order valence-electron chi connectivity index (χ0n) is 15.9. The third kappa shape index (κ3) is 3.29. The van der Waals surface area contributed by atoms with E-state index in [-0.39, 0.29) is 17.2 Å². The Morgan fingerprint density at radius 1 is 1.19 bits per heavy atom. The molecule has 3 aromatic rings. The molecular weight excluding hydrogens is 340 g/mol. The fourth-order valence-electron chi connectivity index (χ4n) is 3.19. The smallest absolute Gasteiger partial charge is 0.266 e. The summed E-state index contributed by atoms with van der Waals surface area (Å²) in [6, 6.07) is 11.0. The molecule has 0 bridgehead atoms. The van der Waals surface area contributed by atoms with Crippen LogP contribution in [0.4, 0.5) is 0 Å². The van der Waals surface area contributed by atoms with Gasteiger partial charge < -0.3 is 9.84 Å². The van der Waals surface area contributed by atoms with Gasteiger partial charge in [-0.3, -0.25) is 9.36 Å². The molecule has 0 saturated heterocycles. The van der Waals surface area contributed by atoms with E-state index in [9.17, 15) is 9.90 Å². The fourth-order valence-corrected chi connectivity index (χ4v) is 3.19. The van der Waals surface area contributed by atoms with E-state index < -0.39 is 0 Å². The van der Waals surface area contributed by atoms with E-state index in [0.717, 1.165) is 24.1 Å². The molecule has 27 heavy (non-hydrogen) atoms. The van der Waals surface area contributed by atoms with Crippen molar-refractivity contribution >= 4 is 10.9 Å². The Morgan fingerprint density at radius 2 is 1.89 bits per heavy atom. The number of phenols is 1. The first kappa shape index (κ1) is 17.6. The minimum Gasteiger partial charge on any atom is -0.504 e. The summed E-state index contributed by atoms with van der Waals surface area (Å²) < 4.78 is 7.53. The highest BCUT2D eigenvalue weighted by Gasteiger charge is 2.24. The number of rotatable bonds is 5. The average Bonchev–Trinajstić information content (AvgIpc) is 3.46. The Morgan fingerprint density at radius 3 is 2.52 bits per heavy atom. The monoisotopic (exact) mass is 364 g/mol. The second-order valence-electron chi connectivity index (χ2n) is 7.67. The fraction of sp³-hybridized carbons (Fsp3) is 0.364. The molecule has 2 aromatic carbocycles. The third-order valence-electron chi connectivity index (χ3n) is 4.97. The van der Waals surface area contributed by atoms with Gasteiger partial charge in [0.05, 0.1) is 17.7 Å². The molecule has 1 aliphatic carbocycles. The second-order valence-corrected chi connectivity index (χ2v) is 7.67. The molecule has 0 unspecified atom stereocenters. The molecule has 0 spiro atoms. The number of ether oxygens (including phenoxy) is 1. The Balaban J connectivity index is 1.95. The van der Waals surface area contributed by atoms with Crippen molar-refractivity contribution in [1.29, 1.82) is 0 Å². The molecular formula is C22H24N2O3. The molecule has 0 radical (unpaired) electrons. The Labute approximate surface area is 158 Å². The molecule has 1 saturated carbocycles. The first-order chi connectivity index (χ1) is 13.0. The van der Waals surface area contributed by atoms with Gasteiger partial charge in [0.1, 0.15) is 11.3 Å². The topological polar surface area (TPSA) is 64.3 Å². The van der Waals surface area contributed by atoms with Gasteiger partial charge in [0.25, 0.3) is 5.56 Å². The van der Waals surface area contributed by atoms with E-state index in [1.165, 1.54) is 6.07 Å². The van der Waals surface area contributed by atoms with E-state index in [4.69, 9.17) is 9.72 Å². The van der Waals surface area contributed by atoms with Gasteiger partial charge >= 0.3 is 0 Å². The van der Waals surface area contributed by atoms with Crippen molar-refractivity contribution in [3.8, 4) is 17.2 Å². The summed E-state index contributed by atoms with van der Waals surface area (Å²) in [4.78, 5) is 18.1. The molecule has 1 fully saturated rings. The summed E-state index contributed by atoms with van der Waals surface area (Å²) in [5.41, 5.74) is 2.21. The Bertz CT molecular complexity index is 1050. The molecule has 0 amide bonds. The number of aromatic hydroxyl groups is 1. The maximum Gasteiger partial charge on any atom is 0.266 e. The summed E-state index contributed by atoms with van der Waals surface area (Å²) in [7, 11) is 0. The Hall–Kier alpha value is -2.82. The van der Waals surface area contributed by atoms with Crippen LogP contribution in [-0.2, 0) is 0 Å². The summed E-state index contributed by atoms with van der Waals surface area (Å²) in [6.07, 6.45) is 2.30. The largest absolute Gasteiger partial charge is 0.504 e. The molecule has 140 valence electrons. The van der Waals surface area contributed by atoms with Gasteiger partial charge in [-0.25, -0.2) is 4.98 Å². The van der Waals surface area contributed by atoms with E-state index in [1.807, 2.05) is 45.0 Å². The van der Waals surface area contributed by atoms with Crippen molar-refractivity contribution in [3.05, 3.63) is 58.1 Å². The lowest BCUT2D eigenvalue weighted by Gasteiger charge is -2.18. The summed E-state index contributed by atoms with van der Waals surface area (Å²) >= 11 is 0. The quantitative estimate of drug-likeness (QED) is 0.733. The summed E-state index contributed by atoms with van der Waals surface area (Å²) in [5.74, 6) is 1.56. The van der Waals surface area contributed by atoms with Crippen molar-refractivity contribution in [2.75, 3.05) is 6.61 Å². The van der Waals surface area contributed by atoms with Crippen LogP contribution in [0, 0.1) is 12.8 Å². The predicted molar refractivity (Wildman–Crippen MR) is 106 cm³/mol. The minimum atomic E-state index is -0.149. The minimum absolute atomic E-state index is 0.0258. The van der Waals surface area contributed by atoms with Crippen molar-refractivity contribution in [2.45, 2.75) is 39.5 Å². The number of aromatic nitrogens is 2. The highest BCUT2D eigenvalue weighted by molar-refractivity contribution is 5.86. The second kappa shape index (κ2) is 6.72. The lowest BCUT2D eigenvalue weighted by Crippen LogP contribution is -2.25. The molecule has 4 rings (SSSR count). The molecule has 0 atom stereocenters. The van der Waals surface area contributed by atoms with Crippen molar-refractivity contribution in [3.63, 3.8) is 0 Å². The van der Waals surface area contributed by atoms with E-state index in [2.05, 4.69) is 0 Å². The molecule has 5 nitrogen and oxygen atoms in total. The zero-order chi connectivity index (χ0) is 19.1. The Kier molecular flexibility index (Phi) is 4.38. The zero-order valence-corrected chi connectivity index (χ0v) is 15.9. The lowest BCUT2D eigenvalue weighted by atomic mass is 10.1. The number of hydrogen-bond acceptors (Lipinski definition) is 4. The normalized spacial score (nSPS) is 14.1. The number of benzene rings is 2. The third-order valence-corrected chi connectivity index (χ3v) is 4.97. The molecule has 1 N–H and O–H groups in total. The van der Waals surface area contributed by atoms with Crippen molar-refractivity contribution in [1.82, 2.24) is 9.55 Å². The van der Waals surface area contributed by atoms with Crippen LogP contribution < -0.4 is 10.3 Å². The standard InChI is InChI=1S/C22H24N2O3/c1-13(2)21-23-19-17(10-11-18(25)20(19)27-12-15-6-7-15)22(26)24(21)16-8-4-14(3)5-9-16/h4-5,8-11,13,15,25H,6-7,12H2,1-3H3. The highest BCUT2D eigenvalue weighted by Crippen LogP contribution is 2.36. The number of fused-ring (bicyclic) bond motifs is 1. The van der Waals surface area contributed by atoms with Crippen LogP contribution in [0.3, 0.4) is 0 Å². The van der Waals surface area contributed by atoms with Gasteiger partial charge in [0.2, 0.25) is 0 Å². The van der Waals surface area contributed by atoms with Crippen LogP contribution in [0.5, 0.6) is 11.5 Å². The predicted octanol–water partition coefficient (Wildman–Crippen LogP) is 4.31. The molecule has 1 aromatic heterocycles.